The number of fused-ring (bicyclic) bond motifs is 1. The second kappa shape index (κ2) is 10.2. The molecule has 1 atom stereocenters. The van der Waals surface area contributed by atoms with Crippen molar-refractivity contribution in [2.24, 2.45) is 0 Å². The van der Waals surface area contributed by atoms with Crippen molar-refractivity contribution in [1.29, 1.82) is 0 Å². The summed E-state index contributed by atoms with van der Waals surface area (Å²) in [6.07, 6.45) is 3.65. The maximum absolute atomic E-state index is 13.5. The summed E-state index contributed by atoms with van der Waals surface area (Å²) in [5.74, 6) is -0.131. The van der Waals surface area contributed by atoms with Gasteiger partial charge in [-0.15, -0.1) is 0 Å². The Morgan fingerprint density at radius 2 is 1.92 bits per heavy atom. The van der Waals surface area contributed by atoms with Crippen LogP contribution in [0.25, 0.3) is 11.0 Å². The number of hydrogen-bond donors (Lipinski definition) is 2. The van der Waals surface area contributed by atoms with Crippen LogP contribution in [0.15, 0.2) is 31.1 Å². The number of benzene rings is 1. The van der Waals surface area contributed by atoms with Crippen LogP contribution in [-0.4, -0.2) is 74.6 Å². The molecule has 1 aromatic carbocycles. The number of carbonyl (C=O) groups excluding carboxylic acids is 3. The molecule has 194 valence electrons. The van der Waals surface area contributed by atoms with Gasteiger partial charge in [0.25, 0.3) is 5.91 Å². The lowest BCUT2D eigenvalue weighted by Crippen LogP contribution is -2.40. The molecule has 1 fully saturated rings. The van der Waals surface area contributed by atoms with Gasteiger partial charge in [-0.05, 0) is 56.0 Å². The minimum atomic E-state index is -0.501. The monoisotopic (exact) mass is 506 g/mol. The summed E-state index contributed by atoms with van der Waals surface area (Å²) < 4.78 is 7.01. The highest BCUT2D eigenvalue weighted by Gasteiger charge is 2.29. The van der Waals surface area contributed by atoms with Gasteiger partial charge in [-0.25, -0.2) is 19.4 Å². The van der Waals surface area contributed by atoms with E-state index in [-0.39, 0.29) is 23.5 Å². The minimum absolute atomic E-state index is 0.0854. The predicted octanol–water partition coefficient (Wildman–Crippen LogP) is 2.69. The number of nitrogens with two attached hydrogens (primary N) is 1. The van der Waals surface area contributed by atoms with Crippen LogP contribution >= 0.6 is 0 Å². The fraction of sp³-hybridized carbons (Fsp3) is 0.360. The summed E-state index contributed by atoms with van der Waals surface area (Å²) >= 11 is 0. The molecule has 2 aromatic heterocycles. The van der Waals surface area contributed by atoms with Gasteiger partial charge in [0.2, 0.25) is 5.91 Å². The zero-order valence-electron chi connectivity index (χ0n) is 21.3. The van der Waals surface area contributed by atoms with Crippen LogP contribution in [0.4, 0.5) is 16.3 Å². The van der Waals surface area contributed by atoms with E-state index in [1.165, 1.54) is 17.3 Å². The van der Waals surface area contributed by atoms with E-state index in [4.69, 9.17) is 10.5 Å². The zero-order chi connectivity index (χ0) is 26.9. The molecule has 4 rings (SSSR count). The second-order valence-electron chi connectivity index (χ2n) is 9.18. The third-order valence-corrected chi connectivity index (χ3v) is 6.28. The Kier molecular flexibility index (Phi) is 7.09. The van der Waals surface area contributed by atoms with Gasteiger partial charge in [-0.2, -0.15) is 5.10 Å². The summed E-state index contributed by atoms with van der Waals surface area (Å²) in [7, 11) is 3.19. The van der Waals surface area contributed by atoms with E-state index in [1.807, 2.05) is 0 Å². The van der Waals surface area contributed by atoms with E-state index < -0.39 is 12.0 Å². The van der Waals surface area contributed by atoms with Gasteiger partial charge in [0.15, 0.2) is 11.3 Å². The van der Waals surface area contributed by atoms with Crippen LogP contribution in [0.3, 0.4) is 0 Å². The van der Waals surface area contributed by atoms with Gasteiger partial charge in [-0.1, -0.05) is 6.58 Å². The molecular formula is C25H30N8O4. The average molecular weight is 507 g/mol. The number of rotatable bonds is 5. The van der Waals surface area contributed by atoms with Gasteiger partial charge in [0.05, 0.1) is 11.4 Å². The van der Waals surface area contributed by atoms with Crippen molar-refractivity contribution >= 4 is 40.4 Å². The Morgan fingerprint density at radius 3 is 2.57 bits per heavy atom. The number of nitrogens with zero attached hydrogens (tertiary/aromatic N) is 6. The van der Waals surface area contributed by atoms with Gasteiger partial charge in [0, 0.05) is 32.9 Å². The molecule has 3 heterocycles. The molecule has 0 bridgehead atoms. The summed E-state index contributed by atoms with van der Waals surface area (Å²) in [6, 6.07) is 3.15. The van der Waals surface area contributed by atoms with Crippen molar-refractivity contribution in [3.05, 3.63) is 47.9 Å². The molecule has 12 heteroatoms. The van der Waals surface area contributed by atoms with Gasteiger partial charge in [-0.3, -0.25) is 9.59 Å². The molecule has 37 heavy (non-hydrogen) atoms. The highest BCUT2D eigenvalue weighted by Crippen LogP contribution is 2.31. The molecule has 0 radical (unpaired) electrons. The van der Waals surface area contributed by atoms with Crippen LogP contribution < -0.4 is 15.8 Å². The van der Waals surface area contributed by atoms with Gasteiger partial charge >= 0.3 is 6.09 Å². The highest BCUT2D eigenvalue weighted by molar-refractivity contribution is 6.13. The number of aryl methyl sites for hydroxylation is 2. The fourth-order valence-electron chi connectivity index (χ4n) is 4.44. The first-order chi connectivity index (χ1) is 17.6. The molecule has 0 spiro atoms. The molecule has 1 aliphatic heterocycles. The maximum atomic E-state index is 13.5. The van der Waals surface area contributed by atoms with Crippen LogP contribution in [0, 0.1) is 13.8 Å². The van der Waals surface area contributed by atoms with Crippen molar-refractivity contribution in [3.63, 3.8) is 0 Å². The van der Waals surface area contributed by atoms with E-state index in [1.54, 1.807) is 49.7 Å². The first-order valence-electron chi connectivity index (χ1n) is 11.8. The third-order valence-electron chi connectivity index (χ3n) is 6.28. The molecule has 0 aliphatic carbocycles. The smallest absolute Gasteiger partial charge is 0.410 e. The van der Waals surface area contributed by atoms with E-state index in [0.29, 0.717) is 46.7 Å². The molecule has 3 amide bonds. The Labute approximate surface area is 214 Å². The Bertz CT molecular complexity index is 1370. The topological polar surface area (TPSA) is 149 Å². The number of anilines is 2. The quantitative estimate of drug-likeness (QED) is 0.502. The molecule has 0 saturated carbocycles. The van der Waals surface area contributed by atoms with Crippen LogP contribution in [0.1, 0.15) is 40.5 Å². The van der Waals surface area contributed by atoms with E-state index in [2.05, 4.69) is 27.0 Å². The Morgan fingerprint density at radius 1 is 1.22 bits per heavy atom. The molecule has 1 unspecified atom stereocenters. The van der Waals surface area contributed by atoms with Crippen molar-refractivity contribution < 1.29 is 19.1 Å². The second-order valence-corrected chi connectivity index (χ2v) is 9.18. The van der Waals surface area contributed by atoms with Crippen molar-refractivity contribution in [2.45, 2.75) is 32.7 Å². The largest absolute Gasteiger partial charge is 0.414 e. The molecular weight excluding hydrogens is 476 g/mol. The predicted molar refractivity (Wildman–Crippen MR) is 138 cm³/mol. The molecule has 12 nitrogen and oxygen atoms in total. The summed E-state index contributed by atoms with van der Waals surface area (Å²) in [5.41, 5.74) is 8.64. The normalized spacial score (nSPS) is 15.4. The first kappa shape index (κ1) is 25.6. The third kappa shape index (κ3) is 5.08. The van der Waals surface area contributed by atoms with E-state index >= 15 is 0 Å². The molecule has 1 aliphatic rings. The number of hydrogen-bond acceptors (Lipinski definition) is 8. The number of ether oxygens (including phenoxy) is 1. The van der Waals surface area contributed by atoms with Crippen molar-refractivity contribution in [1.82, 2.24) is 29.5 Å². The number of piperidine rings is 1. The first-order valence-corrected chi connectivity index (χ1v) is 11.8. The van der Waals surface area contributed by atoms with Gasteiger partial charge < -0.3 is 25.6 Å². The number of nitrogens with one attached hydrogen (secondary N) is 1. The summed E-state index contributed by atoms with van der Waals surface area (Å²) in [5, 5.41) is 7.87. The van der Waals surface area contributed by atoms with Crippen LogP contribution in [0.2, 0.25) is 0 Å². The number of likely N-dealkylation sites (tertiary alicyclic amines) is 1. The lowest BCUT2D eigenvalue weighted by atomic mass is 10.1. The summed E-state index contributed by atoms with van der Waals surface area (Å²) in [4.78, 5) is 49.1. The zero-order valence-corrected chi connectivity index (χ0v) is 21.3. The SMILES string of the molecule is C=CC(=O)N1CCCC(n2nc(C(=O)Nc3c(C)cc(OC(=O)N(C)C)cc3C)c3c(N)ncnc32)C1. The standard InChI is InChI=1S/C25H30N8O4/c1-6-18(34)32-9-7-8-16(12-32)33-23-19(22(26)27-13-28-23)21(30-33)24(35)29-20-14(2)10-17(11-15(20)3)37-25(36)31(4)5/h6,10-11,13,16H,1,7-9,12H2,2-5H3,(H,29,35)(H2,26,27,28). The average Bonchev–Trinajstić information content (AvgIpc) is 3.27. The Hall–Kier alpha value is -4.48. The number of amides is 3. The van der Waals surface area contributed by atoms with Crippen molar-refractivity contribution in [2.75, 3.05) is 38.2 Å². The van der Waals surface area contributed by atoms with Crippen LogP contribution in [0.5, 0.6) is 5.75 Å². The lowest BCUT2D eigenvalue weighted by molar-refractivity contribution is -0.127. The van der Waals surface area contributed by atoms with E-state index in [9.17, 15) is 14.4 Å². The van der Waals surface area contributed by atoms with Crippen LogP contribution in [-0.2, 0) is 4.79 Å². The molecule has 1 saturated heterocycles. The number of aromatic nitrogens is 4. The number of nitrogen functional groups attached to an aromatic ring is 1. The Balaban J connectivity index is 1.67. The maximum Gasteiger partial charge on any atom is 0.414 e. The van der Waals surface area contributed by atoms with Gasteiger partial charge in [0.1, 0.15) is 17.9 Å². The fourth-order valence-corrected chi connectivity index (χ4v) is 4.44. The van der Waals surface area contributed by atoms with Crippen molar-refractivity contribution in [3.8, 4) is 5.75 Å². The molecule has 3 N–H and O–H groups in total. The van der Waals surface area contributed by atoms with E-state index in [0.717, 1.165) is 12.8 Å². The highest BCUT2D eigenvalue weighted by atomic mass is 16.6. The molecule has 3 aromatic rings. The summed E-state index contributed by atoms with van der Waals surface area (Å²) in [6.45, 7) is 8.22. The number of carbonyl (C=O) groups is 3. The minimum Gasteiger partial charge on any atom is -0.410 e. The lowest BCUT2D eigenvalue weighted by Gasteiger charge is -2.32.